The quantitative estimate of drug-likeness (QED) is 0.348. The van der Waals surface area contributed by atoms with Crippen molar-refractivity contribution in [3.63, 3.8) is 0 Å². The van der Waals surface area contributed by atoms with Crippen LogP contribution >= 0.6 is 34.5 Å². The second kappa shape index (κ2) is 12.3. The zero-order valence-corrected chi connectivity index (χ0v) is 25.9. The Kier molecular flexibility index (Phi) is 9.45. The summed E-state index contributed by atoms with van der Waals surface area (Å²) in [6.07, 6.45) is 5.71. The fraction of sp³-hybridized carbons (Fsp3) is 0.440. The number of aryl methyl sites for hydroxylation is 1. The largest absolute Gasteiger partial charge is 0.267 e. The van der Waals surface area contributed by atoms with Gasteiger partial charge in [0.25, 0.3) is 10.0 Å². The van der Waals surface area contributed by atoms with E-state index in [0.717, 1.165) is 21.9 Å². The Hall–Kier alpha value is -1.96. The summed E-state index contributed by atoms with van der Waals surface area (Å²) in [7, 11) is -6.29. The van der Waals surface area contributed by atoms with Crippen molar-refractivity contribution in [3.8, 4) is 10.6 Å². The van der Waals surface area contributed by atoms with Gasteiger partial charge in [0.15, 0.2) is 0 Å². The Morgan fingerprint density at radius 3 is 2.36 bits per heavy atom. The van der Waals surface area contributed by atoms with Crippen molar-refractivity contribution >= 4 is 60.3 Å². The van der Waals surface area contributed by atoms with Crippen molar-refractivity contribution in [2.24, 2.45) is 12.0 Å². The van der Waals surface area contributed by atoms with Gasteiger partial charge in [-0.1, -0.05) is 66.8 Å². The fourth-order valence-electron chi connectivity index (χ4n) is 4.51. The lowest BCUT2D eigenvalue weighted by Crippen LogP contribution is -2.31. The lowest BCUT2D eigenvalue weighted by Gasteiger charge is -2.24. The lowest BCUT2D eigenvalue weighted by atomic mass is 9.96. The molecule has 4 rings (SSSR count). The van der Waals surface area contributed by atoms with E-state index in [4.69, 9.17) is 28.2 Å². The van der Waals surface area contributed by atoms with Crippen LogP contribution in [-0.2, 0) is 27.1 Å². The molecule has 1 aliphatic carbocycles. The van der Waals surface area contributed by atoms with Crippen molar-refractivity contribution in [1.82, 2.24) is 14.5 Å². The molecule has 1 aromatic heterocycles. The van der Waals surface area contributed by atoms with E-state index < -0.39 is 20.0 Å². The van der Waals surface area contributed by atoms with E-state index in [9.17, 15) is 16.8 Å². The molecule has 0 amide bonds. The Morgan fingerprint density at radius 2 is 1.69 bits per heavy atom. The Bertz CT molecular complexity index is 1630. The van der Waals surface area contributed by atoms with Gasteiger partial charge in [0.1, 0.15) is 14.8 Å². The zero-order chi connectivity index (χ0) is 28.4. The number of benzene rings is 2. The van der Waals surface area contributed by atoms with Crippen molar-refractivity contribution in [1.29, 1.82) is 0 Å². The zero-order valence-electron chi connectivity index (χ0n) is 21.9. The van der Waals surface area contributed by atoms with Crippen LogP contribution in [0, 0.1) is 0 Å². The summed E-state index contributed by atoms with van der Waals surface area (Å²) in [5.41, 5.74) is 0.736. The predicted octanol–water partition coefficient (Wildman–Crippen LogP) is 5.20. The number of hydrogen-bond donors (Lipinski definition) is 1. The van der Waals surface area contributed by atoms with Gasteiger partial charge in [-0.3, -0.25) is 9.30 Å². The molecule has 39 heavy (non-hydrogen) atoms. The van der Waals surface area contributed by atoms with E-state index in [1.54, 1.807) is 24.6 Å². The maximum atomic E-state index is 13.9. The summed E-state index contributed by atoms with van der Waals surface area (Å²) in [5, 5.41) is 5.24. The molecule has 0 saturated heterocycles. The molecule has 0 spiro atoms. The van der Waals surface area contributed by atoms with Crippen molar-refractivity contribution in [3.05, 3.63) is 51.2 Å². The molecule has 0 aliphatic heterocycles. The molecule has 1 heterocycles. The number of hydrogen-bond acceptors (Lipinski definition) is 7. The number of nitrogens with one attached hydrogen (secondary N) is 1. The maximum Gasteiger partial charge on any atom is 0.265 e. The molecular weight excluding hydrogens is 601 g/mol. The van der Waals surface area contributed by atoms with Crippen LogP contribution in [0.3, 0.4) is 0 Å². The van der Waals surface area contributed by atoms with Crippen molar-refractivity contribution in [2.75, 3.05) is 17.4 Å². The molecule has 1 aliphatic rings. The molecule has 212 valence electrons. The lowest BCUT2D eigenvalue weighted by molar-refractivity contribution is 0.434. The average molecular weight is 633 g/mol. The van der Waals surface area contributed by atoms with Gasteiger partial charge in [0.2, 0.25) is 14.8 Å². The highest BCUT2D eigenvalue weighted by Crippen LogP contribution is 2.34. The van der Waals surface area contributed by atoms with Gasteiger partial charge in [-0.2, -0.15) is 5.10 Å². The van der Waals surface area contributed by atoms with E-state index in [0.29, 0.717) is 10.6 Å². The fourth-order valence-corrected chi connectivity index (χ4v) is 8.99. The minimum absolute atomic E-state index is 0.0146. The summed E-state index contributed by atoms with van der Waals surface area (Å²) in [6.45, 7) is 3.48. The van der Waals surface area contributed by atoms with Crippen LogP contribution in [0.2, 0.25) is 10.0 Å². The molecular formula is C25H31Cl2N5O4S3. The molecule has 1 saturated carbocycles. The van der Waals surface area contributed by atoms with Crippen LogP contribution in [0.5, 0.6) is 0 Å². The third-order valence-corrected chi connectivity index (χ3v) is 11.9. The van der Waals surface area contributed by atoms with E-state index >= 15 is 0 Å². The van der Waals surface area contributed by atoms with Crippen LogP contribution in [0.4, 0.5) is 5.69 Å². The first kappa shape index (κ1) is 30.0. The van der Waals surface area contributed by atoms with E-state index in [1.165, 1.54) is 60.9 Å². The molecule has 3 aromatic rings. The van der Waals surface area contributed by atoms with E-state index in [2.05, 4.69) is 9.82 Å². The average Bonchev–Trinajstić information content (AvgIpc) is 3.25. The second-order valence-electron chi connectivity index (χ2n) is 9.17. The number of aromatic nitrogens is 2. The molecule has 0 bridgehead atoms. The summed E-state index contributed by atoms with van der Waals surface area (Å²) in [6, 6.07) is 9.10. The van der Waals surface area contributed by atoms with Gasteiger partial charge < -0.3 is 0 Å². The maximum absolute atomic E-state index is 13.9. The summed E-state index contributed by atoms with van der Waals surface area (Å²) < 4.78 is 58.3. The molecule has 0 atom stereocenters. The van der Waals surface area contributed by atoms with Gasteiger partial charge in [-0.15, -0.1) is 0 Å². The van der Waals surface area contributed by atoms with Gasteiger partial charge in [-0.05, 0) is 50.1 Å². The number of rotatable bonds is 9. The molecule has 2 aromatic carbocycles. The minimum atomic E-state index is -4.19. The molecule has 14 heteroatoms. The topological polar surface area (TPSA) is 114 Å². The first-order valence-corrected chi connectivity index (χ1v) is 17.2. The van der Waals surface area contributed by atoms with Gasteiger partial charge in [0.05, 0.1) is 21.8 Å². The van der Waals surface area contributed by atoms with Gasteiger partial charge in [-0.25, -0.2) is 26.2 Å². The third-order valence-electron chi connectivity index (χ3n) is 6.43. The first-order chi connectivity index (χ1) is 18.5. The normalized spacial score (nSPS) is 15.6. The molecule has 0 radical (unpaired) electrons. The van der Waals surface area contributed by atoms with E-state index in [-0.39, 0.29) is 44.7 Å². The highest BCUT2D eigenvalue weighted by molar-refractivity contribution is 7.93. The third kappa shape index (κ3) is 6.52. The Balaban J connectivity index is 1.74. The highest BCUT2D eigenvalue weighted by atomic mass is 35.5. The van der Waals surface area contributed by atoms with Crippen LogP contribution in [0.25, 0.3) is 10.6 Å². The smallest absolute Gasteiger partial charge is 0.265 e. The van der Waals surface area contributed by atoms with Gasteiger partial charge in [0, 0.05) is 25.7 Å². The van der Waals surface area contributed by atoms with Crippen molar-refractivity contribution in [2.45, 2.75) is 61.8 Å². The first-order valence-electron chi connectivity index (χ1n) is 12.7. The van der Waals surface area contributed by atoms with E-state index in [1.807, 2.05) is 7.05 Å². The molecule has 1 N–H and O–H groups in total. The summed E-state index contributed by atoms with van der Waals surface area (Å²) in [4.78, 5) is 5.34. The SMILES string of the molecule is CCNS(=O)(=O)c1cc(N(CC)S(=O)(=O)c2cc(-c3nn(C)c(=NC4CCCCC4)s3)ccc2Cl)ccc1Cl. The number of halogens is 2. The standard InChI is InChI=1S/C25H31Cl2N5O4S3/c1-4-28-38(33,34)22-16-19(12-14-20(22)26)32(5-2)39(35,36)23-15-17(11-13-21(23)27)24-30-31(3)25(37-24)29-18-9-7-6-8-10-18/h11-16,18,28H,4-10H2,1-3H3. The summed E-state index contributed by atoms with van der Waals surface area (Å²) >= 11 is 14.0. The number of anilines is 1. The Morgan fingerprint density at radius 1 is 1.03 bits per heavy atom. The minimum Gasteiger partial charge on any atom is -0.267 e. The van der Waals surface area contributed by atoms with Crippen molar-refractivity contribution < 1.29 is 16.8 Å². The molecule has 1 fully saturated rings. The number of nitrogens with zero attached hydrogens (tertiary/aromatic N) is 4. The predicted molar refractivity (Wildman–Crippen MR) is 156 cm³/mol. The number of sulfonamides is 2. The van der Waals surface area contributed by atoms with Crippen LogP contribution in [0.1, 0.15) is 46.0 Å². The van der Waals surface area contributed by atoms with Crippen LogP contribution < -0.4 is 13.8 Å². The Labute approximate surface area is 243 Å². The van der Waals surface area contributed by atoms with Gasteiger partial charge >= 0.3 is 0 Å². The van der Waals surface area contributed by atoms with Crippen LogP contribution in [-0.4, -0.2) is 45.7 Å². The highest BCUT2D eigenvalue weighted by Gasteiger charge is 2.29. The monoisotopic (exact) mass is 631 g/mol. The molecule has 0 unspecified atom stereocenters. The molecule has 9 nitrogen and oxygen atoms in total. The van der Waals surface area contributed by atoms with Crippen LogP contribution in [0.15, 0.2) is 51.2 Å². The summed E-state index contributed by atoms with van der Waals surface area (Å²) in [5.74, 6) is 0. The second-order valence-corrected chi connectivity index (χ2v) is 14.5.